The molecule has 0 aliphatic heterocycles. The van der Waals surface area contributed by atoms with Gasteiger partial charge in [-0.15, -0.1) is 0 Å². The van der Waals surface area contributed by atoms with Crippen molar-refractivity contribution in [3.05, 3.63) is 192 Å². The molecule has 0 aromatic heterocycles. The van der Waals surface area contributed by atoms with E-state index in [-0.39, 0.29) is 13.1 Å². The Hall–Kier alpha value is -5.39. The minimum absolute atomic E-state index is 0.155. The molecule has 2 amide bonds. The minimum Gasteiger partial charge on any atom is -0.378 e. The summed E-state index contributed by atoms with van der Waals surface area (Å²) in [4.78, 5) is 26.3. The van der Waals surface area contributed by atoms with Gasteiger partial charge in [-0.1, -0.05) is 121 Å². The molecular weight excluding hydrogens is 627 g/mol. The van der Waals surface area contributed by atoms with Gasteiger partial charge in [0.1, 0.15) is 28.5 Å². The first-order valence-electron chi connectivity index (χ1n) is 16.2. The number of carbonyl (C=O) groups is 2. The Labute approximate surface area is 287 Å². The molecule has 6 nitrogen and oxygen atoms in total. The van der Waals surface area contributed by atoms with Crippen molar-refractivity contribution in [1.29, 1.82) is 0 Å². The zero-order valence-corrected chi connectivity index (χ0v) is 27.8. The lowest BCUT2D eigenvalue weighted by Gasteiger charge is -2.28. The molecule has 4 N–H and O–H groups in total. The largest absolute Gasteiger partial charge is 0.378 e. The zero-order valence-electron chi connectivity index (χ0n) is 26.9. The Morgan fingerprint density at radius 1 is 0.449 bits per heavy atom. The van der Waals surface area contributed by atoms with Crippen LogP contribution in [0.4, 0.5) is 0 Å². The van der Waals surface area contributed by atoms with Crippen LogP contribution in [0.15, 0.2) is 170 Å². The van der Waals surface area contributed by atoms with Gasteiger partial charge in [-0.25, -0.2) is 0 Å². The normalized spacial score (nSPS) is 12.4. The summed E-state index contributed by atoms with van der Waals surface area (Å²) in [6, 6.07) is 55.2. The number of hydrogen-bond donors (Lipinski definition) is 4. The van der Waals surface area contributed by atoms with Crippen LogP contribution >= 0.6 is 7.26 Å². The van der Waals surface area contributed by atoms with E-state index in [0.29, 0.717) is 11.1 Å². The first kappa shape index (κ1) is 33.5. The van der Waals surface area contributed by atoms with Gasteiger partial charge < -0.3 is 20.8 Å². The second-order valence-electron chi connectivity index (χ2n) is 11.7. The number of aliphatic hydroxyl groups is 2. The van der Waals surface area contributed by atoms with Gasteiger partial charge in [0.15, 0.2) is 12.2 Å². The summed E-state index contributed by atoms with van der Waals surface area (Å²) in [5.74, 6) is -1.01. The molecule has 6 rings (SSSR count). The molecule has 0 radical (unpaired) electrons. The second-order valence-corrected chi connectivity index (χ2v) is 15.2. The first-order valence-corrected chi connectivity index (χ1v) is 18.0. The number of aliphatic hydroxyl groups excluding tert-OH is 2. The molecule has 0 aliphatic rings. The Morgan fingerprint density at radius 3 is 1.08 bits per heavy atom. The maximum atomic E-state index is 13.1. The molecule has 6 aromatic rings. The van der Waals surface area contributed by atoms with Crippen molar-refractivity contribution in [2.75, 3.05) is 0 Å². The summed E-state index contributed by atoms with van der Waals surface area (Å²) < 4.78 is 0. The third-order valence-corrected chi connectivity index (χ3v) is 12.8. The Balaban J connectivity index is 1.44. The van der Waals surface area contributed by atoms with Crippen molar-refractivity contribution in [2.24, 2.45) is 0 Å². The standard InChI is InChI=1S/C42H37N2O4P/c45-39(33-16-6-1-7-17-33)41(47)43-29-31-26-32(30-44-42(48)40(46)34-18-8-2-9-19-34)28-38(27-31)49(35-20-10-3-11-21-35,36-22-12-4-13-23-36)37-24-14-5-15-25-37/h1-28,39-40,45-46H,29-30H2,(H-,43,44,47,48)/p+1/t39-,40?/m0/s1. The van der Waals surface area contributed by atoms with Gasteiger partial charge >= 0.3 is 0 Å². The van der Waals surface area contributed by atoms with Crippen molar-refractivity contribution >= 4 is 40.3 Å². The van der Waals surface area contributed by atoms with Gasteiger partial charge in [0.2, 0.25) is 0 Å². The molecule has 0 aliphatic carbocycles. The van der Waals surface area contributed by atoms with E-state index in [1.165, 1.54) is 0 Å². The SMILES string of the molecule is O=C(NCc1cc(CNC(=O)[C@@H](O)c2ccccc2)cc([P+](c2ccccc2)(c2ccccc2)c2ccccc2)c1)C(O)c1ccccc1. The molecular formula is C42H38N2O4P+. The van der Waals surface area contributed by atoms with Crippen molar-refractivity contribution < 1.29 is 19.8 Å². The Morgan fingerprint density at radius 2 is 0.755 bits per heavy atom. The van der Waals surface area contributed by atoms with E-state index in [1.807, 2.05) is 36.4 Å². The lowest BCUT2D eigenvalue weighted by molar-refractivity contribution is -0.130. The van der Waals surface area contributed by atoms with Gasteiger partial charge in [-0.3, -0.25) is 9.59 Å². The number of carbonyl (C=O) groups excluding carboxylic acids is 2. The van der Waals surface area contributed by atoms with E-state index in [9.17, 15) is 19.8 Å². The first-order chi connectivity index (χ1) is 24.0. The highest BCUT2D eigenvalue weighted by atomic mass is 31.2. The molecule has 0 bridgehead atoms. The number of hydrogen-bond acceptors (Lipinski definition) is 4. The summed E-state index contributed by atoms with van der Waals surface area (Å²) in [6.45, 7) is 0.311. The van der Waals surface area contributed by atoms with Gasteiger partial charge in [0.25, 0.3) is 11.8 Å². The van der Waals surface area contributed by atoms with Crippen molar-refractivity contribution in [3.63, 3.8) is 0 Å². The Bertz CT molecular complexity index is 1800. The smallest absolute Gasteiger partial charge is 0.253 e. The van der Waals surface area contributed by atoms with Crippen molar-refractivity contribution in [3.8, 4) is 0 Å². The molecule has 0 saturated heterocycles. The molecule has 2 atom stereocenters. The number of amides is 2. The van der Waals surface area contributed by atoms with E-state index < -0.39 is 31.3 Å². The minimum atomic E-state index is -2.51. The fourth-order valence-electron chi connectivity index (χ4n) is 6.14. The third-order valence-electron chi connectivity index (χ3n) is 8.52. The average molecular weight is 666 g/mol. The highest BCUT2D eigenvalue weighted by molar-refractivity contribution is 8.01. The lowest BCUT2D eigenvalue weighted by Crippen LogP contribution is -2.39. The molecule has 0 fully saturated rings. The van der Waals surface area contributed by atoms with Crippen LogP contribution in [0.25, 0.3) is 0 Å². The summed E-state index contributed by atoms with van der Waals surface area (Å²) in [6.07, 6.45) is -2.63. The summed E-state index contributed by atoms with van der Waals surface area (Å²) >= 11 is 0. The van der Waals surface area contributed by atoms with Crippen LogP contribution in [0, 0.1) is 0 Å². The predicted octanol–water partition coefficient (Wildman–Crippen LogP) is 5.01. The van der Waals surface area contributed by atoms with Gasteiger partial charge in [-0.05, 0) is 70.8 Å². The summed E-state index contributed by atoms with van der Waals surface area (Å²) in [5, 5.41) is 31.9. The summed E-state index contributed by atoms with van der Waals surface area (Å²) in [7, 11) is -2.51. The van der Waals surface area contributed by atoms with Crippen LogP contribution in [-0.2, 0) is 22.7 Å². The van der Waals surface area contributed by atoms with E-state index >= 15 is 0 Å². The third kappa shape index (κ3) is 7.53. The van der Waals surface area contributed by atoms with E-state index in [4.69, 9.17) is 0 Å². The highest BCUT2D eigenvalue weighted by Gasteiger charge is 2.48. The second kappa shape index (κ2) is 15.7. The van der Waals surface area contributed by atoms with Crippen LogP contribution in [-0.4, -0.2) is 22.0 Å². The summed E-state index contributed by atoms with van der Waals surface area (Å²) in [5.41, 5.74) is 2.64. The van der Waals surface area contributed by atoms with Crippen LogP contribution in [0.2, 0.25) is 0 Å². The van der Waals surface area contributed by atoms with Crippen LogP contribution < -0.4 is 31.9 Å². The lowest BCUT2D eigenvalue weighted by atomic mass is 10.1. The van der Waals surface area contributed by atoms with E-state index in [1.54, 1.807) is 48.5 Å². The molecule has 0 heterocycles. The molecule has 49 heavy (non-hydrogen) atoms. The van der Waals surface area contributed by atoms with Crippen LogP contribution in [0.3, 0.4) is 0 Å². The average Bonchev–Trinajstić information content (AvgIpc) is 3.17. The van der Waals surface area contributed by atoms with Crippen LogP contribution in [0.5, 0.6) is 0 Å². The number of benzene rings is 6. The molecule has 0 spiro atoms. The molecule has 1 unspecified atom stereocenters. The maximum Gasteiger partial charge on any atom is 0.253 e. The maximum absolute atomic E-state index is 13.1. The monoisotopic (exact) mass is 665 g/mol. The topological polar surface area (TPSA) is 98.7 Å². The molecule has 244 valence electrons. The molecule has 6 aromatic carbocycles. The van der Waals surface area contributed by atoms with E-state index in [2.05, 4.69) is 95.6 Å². The quantitative estimate of drug-likeness (QED) is 0.138. The predicted molar refractivity (Wildman–Crippen MR) is 198 cm³/mol. The van der Waals surface area contributed by atoms with Gasteiger partial charge in [-0.2, -0.15) is 0 Å². The highest BCUT2D eigenvalue weighted by Crippen LogP contribution is 2.54. The Kier molecular flexibility index (Phi) is 10.7. The van der Waals surface area contributed by atoms with Crippen molar-refractivity contribution in [2.45, 2.75) is 25.3 Å². The van der Waals surface area contributed by atoms with Gasteiger partial charge in [0.05, 0.1) is 0 Å². The molecule has 7 heteroatoms. The zero-order chi connectivity index (χ0) is 34.1. The van der Waals surface area contributed by atoms with Crippen molar-refractivity contribution in [1.82, 2.24) is 10.6 Å². The van der Waals surface area contributed by atoms with E-state index in [0.717, 1.165) is 32.3 Å². The van der Waals surface area contributed by atoms with Gasteiger partial charge in [0, 0.05) is 13.1 Å². The molecule has 0 saturated carbocycles. The fraction of sp³-hybridized carbons (Fsp3) is 0.0952. The number of rotatable bonds is 12. The van der Waals surface area contributed by atoms with Crippen LogP contribution in [0.1, 0.15) is 34.5 Å². The number of nitrogens with one attached hydrogen (secondary N) is 2. The fourth-order valence-corrected chi connectivity index (χ4v) is 10.5.